The first-order valence-corrected chi connectivity index (χ1v) is 6.59. The van der Waals surface area contributed by atoms with Gasteiger partial charge in [-0.25, -0.2) is 4.39 Å². The number of halogens is 1. The molecule has 1 N–H and O–H groups in total. The molecule has 0 aliphatic rings. The van der Waals surface area contributed by atoms with Crippen molar-refractivity contribution in [2.24, 2.45) is 0 Å². The van der Waals surface area contributed by atoms with Crippen molar-refractivity contribution in [3.05, 3.63) is 48.0 Å². The number of anilines is 1. The Hall–Kier alpha value is -1.84. The Morgan fingerprint density at radius 2 is 2.11 bits per heavy atom. The van der Waals surface area contributed by atoms with E-state index in [1.54, 1.807) is 12.1 Å². The van der Waals surface area contributed by atoms with E-state index >= 15 is 0 Å². The third-order valence-electron chi connectivity index (χ3n) is 2.97. The molecule has 0 saturated heterocycles. The lowest BCUT2D eigenvalue weighted by molar-refractivity contribution is 0.532. The quantitative estimate of drug-likeness (QED) is 0.890. The van der Waals surface area contributed by atoms with Crippen LogP contribution < -0.4 is 5.32 Å². The predicted molar refractivity (Wildman–Crippen MR) is 75.8 cm³/mol. The van der Waals surface area contributed by atoms with Crippen LogP contribution in [0.1, 0.15) is 32.4 Å². The van der Waals surface area contributed by atoms with Gasteiger partial charge in [-0.1, -0.05) is 12.1 Å². The molecule has 0 amide bonds. The fourth-order valence-corrected chi connectivity index (χ4v) is 2.05. The van der Waals surface area contributed by atoms with E-state index in [9.17, 15) is 4.39 Å². The van der Waals surface area contributed by atoms with Crippen molar-refractivity contribution >= 4 is 5.69 Å². The Kier molecular flexibility index (Phi) is 4.20. The van der Waals surface area contributed by atoms with Crippen LogP contribution in [-0.4, -0.2) is 15.8 Å². The second-order valence-corrected chi connectivity index (χ2v) is 5.18. The van der Waals surface area contributed by atoms with Crippen molar-refractivity contribution < 1.29 is 4.39 Å². The van der Waals surface area contributed by atoms with Crippen LogP contribution in [0, 0.1) is 5.82 Å². The zero-order valence-corrected chi connectivity index (χ0v) is 11.6. The van der Waals surface area contributed by atoms with Crippen LogP contribution in [0.4, 0.5) is 10.1 Å². The van der Waals surface area contributed by atoms with Crippen molar-refractivity contribution in [3.8, 4) is 0 Å². The van der Waals surface area contributed by atoms with Crippen LogP contribution in [0.25, 0.3) is 0 Å². The maximum Gasteiger partial charge on any atom is 0.123 e. The minimum atomic E-state index is -0.183. The highest BCUT2D eigenvalue weighted by molar-refractivity contribution is 5.39. The highest BCUT2D eigenvalue weighted by Gasteiger charge is 2.07. The molecule has 1 aromatic heterocycles. The highest BCUT2D eigenvalue weighted by atomic mass is 19.1. The molecule has 2 rings (SSSR count). The number of nitrogens with one attached hydrogen (secondary N) is 1. The second kappa shape index (κ2) is 5.87. The van der Waals surface area contributed by atoms with Gasteiger partial charge < -0.3 is 5.32 Å². The molecule has 0 aliphatic heterocycles. The maximum absolute atomic E-state index is 13.1. The topological polar surface area (TPSA) is 29.9 Å². The average molecular weight is 261 g/mol. The summed E-state index contributed by atoms with van der Waals surface area (Å²) in [5, 5.41) is 7.66. The Balaban J connectivity index is 1.95. The van der Waals surface area contributed by atoms with Crippen molar-refractivity contribution in [2.45, 2.75) is 39.3 Å². The Morgan fingerprint density at radius 1 is 1.32 bits per heavy atom. The third kappa shape index (κ3) is 3.81. The lowest BCUT2D eigenvalue weighted by Gasteiger charge is -2.13. The number of benzene rings is 1. The van der Waals surface area contributed by atoms with E-state index in [1.807, 2.05) is 23.1 Å². The largest absolute Gasteiger partial charge is 0.380 e. The van der Waals surface area contributed by atoms with Gasteiger partial charge >= 0.3 is 0 Å². The minimum absolute atomic E-state index is 0.183. The number of aromatic nitrogens is 2. The molecule has 0 bridgehead atoms. The standard InChI is InChI=1S/C15H20FN3/c1-11(2)19-10-15(9-17-19)18-12(3)7-13-5-4-6-14(16)8-13/h4-6,8-12,18H,7H2,1-3H3. The molecular formula is C15H20FN3. The molecule has 19 heavy (non-hydrogen) atoms. The molecule has 1 unspecified atom stereocenters. The number of rotatable bonds is 5. The lowest BCUT2D eigenvalue weighted by atomic mass is 10.1. The summed E-state index contributed by atoms with van der Waals surface area (Å²) in [6.45, 7) is 6.26. The molecule has 1 heterocycles. The van der Waals surface area contributed by atoms with Gasteiger partial charge in [0.1, 0.15) is 5.82 Å². The summed E-state index contributed by atoms with van der Waals surface area (Å²) < 4.78 is 15.0. The van der Waals surface area contributed by atoms with Gasteiger partial charge in [-0.05, 0) is 44.9 Å². The molecule has 102 valence electrons. The zero-order chi connectivity index (χ0) is 13.8. The van der Waals surface area contributed by atoms with E-state index in [2.05, 4.69) is 31.2 Å². The molecule has 4 heteroatoms. The van der Waals surface area contributed by atoms with Crippen molar-refractivity contribution in [1.29, 1.82) is 0 Å². The first-order valence-electron chi connectivity index (χ1n) is 6.59. The summed E-state index contributed by atoms with van der Waals surface area (Å²) in [4.78, 5) is 0. The fraction of sp³-hybridized carbons (Fsp3) is 0.400. The van der Waals surface area contributed by atoms with E-state index in [-0.39, 0.29) is 11.9 Å². The molecule has 3 nitrogen and oxygen atoms in total. The summed E-state index contributed by atoms with van der Waals surface area (Å²) in [5.41, 5.74) is 1.99. The van der Waals surface area contributed by atoms with Crippen LogP contribution in [0.5, 0.6) is 0 Å². The van der Waals surface area contributed by atoms with E-state index < -0.39 is 0 Å². The van der Waals surface area contributed by atoms with E-state index in [0.29, 0.717) is 6.04 Å². The van der Waals surface area contributed by atoms with Gasteiger partial charge in [0.15, 0.2) is 0 Å². The summed E-state index contributed by atoms with van der Waals surface area (Å²) in [5.74, 6) is -0.183. The SMILES string of the molecule is CC(Cc1cccc(F)c1)Nc1cnn(C(C)C)c1. The summed E-state index contributed by atoms with van der Waals surface area (Å²) in [6, 6.07) is 7.32. The Bertz CT molecular complexity index is 534. The van der Waals surface area contributed by atoms with Crippen LogP contribution in [-0.2, 0) is 6.42 Å². The zero-order valence-electron chi connectivity index (χ0n) is 11.6. The second-order valence-electron chi connectivity index (χ2n) is 5.18. The first-order chi connectivity index (χ1) is 9.04. The van der Waals surface area contributed by atoms with Gasteiger partial charge in [-0.3, -0.25) is 4.68 Å². The molecule has 1 atom stereocenters. The minimum Gasteiger partial charge on any atom is -0.380 e. The van der Waals surface area contributed by atoms with Crippen LogP contribution in [0.15, 0.2) is 36.7 Å². The third-order valence-corrected chi connectivity index (χ3v) is 2.97. The molecule has 0 spiro atoms. The average Bonchev–Trinajstić information content (AvgIpc) is 2.77. The molecule has 0 radical (unpaired) electrons. The van der Waals surface area contributed by atoms with Gasteiger partial charge in [-0.2, -0.15) is 5.10 Å². The van der Waals surface area contributed by atoms with E-state index in [4.69, 9.17) is 0 Å². The molecule has 1 aromatic carbocycles. The summed E-state index contributed by atoms with van der Waals surface area (Å²) >= 11 is 0. The predicted octanol–water partition coefficient (Wildman–Crippen LogP) is 3.65. The first kappa shape index (κ1) is 13.6. The van der Waals surface area contributed by atoms with Crippen LogP contribution in [0.2, 0.25) is 0 Å². The Labute approximate surface area is 113 Å². The van der Waals surface area contributed by atoms with Crippen LogP contribution >= 0.6 is 0 Å². The molecule has 0 aliphatic carbocycles. The van der Waals surface area contributed by atoms with Crippen molar-refractivity contribution in [3.63, 3.8) is 0 Å². The molecule has 0 fully saturated rings. The smallest absolute Gasteiger partial charge is 0.123 e. The monoisotopic (exact) mass is 261 g/mol. The fourth-order valence-electron chi connectivity index (χ4n) is 2.05. The maximum atomic E-state index is 13.1. The van der Waals surface area contributed by atoms with E-state index in [1.165, 1.54) is 6.07 Å². The molecule has 2 aromatic rings. The lowest BCUT2D eigenvalue weighted by Crippen LogP contribution is -2.17. The van der Waals surface area contributed by atoms with Crippen molar-refractivity contribution in [1.82, 2.24) is 9.78 Å². The Morgan fingerprint density at radius 3 is 2.74 bits per heavy atom. The number of hydrogen-bond donors (Lipinski definition) is 1. The summed E-state index contributed by atoms with van der Waals surface area (Å²) in [7, 11) is 0. The van der Waals surface area contributed by atoms with Gasteiger partial charge in [0.05, 0.1) is 11.9 Å². The molecular weight excluding hydrogens is 241 g/mol. The van der Waals surface area contributed by atoms with Gasteiger partial charge in [0, 0.05) is 18.3 Å². The van der Waals surface area contributed by atoms with Gasteiger partial charge in [0.25, 0.3) is 0 Å². The van der Waals surface area contributed by atoms with Gasteiger partial charge in [0.2, 0.25) is 0 Å². The van der Waals surface area contributed by atoms with E-state index in [0.717, 1.165) is 17.7 Å². The van der Waals surface area contributed by atoms with Crippen molar-refractivity contribution in [2.75, 3.05) is 5.32 Å². The van der Waals surface area contributed by atoms with Gasteiger partial charge in [-0.15, -0.1) is 0 Å². The normalized spacial score (nSPS) is 12.7. The molecule has 0 saturated carbocycles. The summed E-state index contributed by atoms with van der Waals surface area (Å²) in [6.07, 6.45) is 4.60. The number of nitrogens with zero attached hydrogens (tertiary/aromatic N) is 2. The number of hydrogen-bond acceptors (Lipinski definition) is 2. The van der Waals surface area contributed by atoms with Crippen LogP contribution in [0.3, 0.4) is 0 Å². The highest BCUT2D eigenvalue weighted by Crippen LogP contribution is 2.13.